The Labute approximate surface area is 188 Å². The van der Waals surface area contributed by atoms with E-state index in [1.165, 1.54) is 38.4 Å². The predicted octanol–water partition coefficient (Wildman–Crippen LogP) is 3.13. The second-order valence-corrected chi connectivity index (χ2v) is 9.60. The number of methoxy groups -OCH3 is 1. The van der Waals surface area contributed by atoms with E-state index in [0.717, 1.165) is 17.1 Å². The van der Waals surface area contributed by atoms with Crippen molar-refractivity contribution in [1.82, 2.24) is 5.32 Å². The van der Waals surface area contributed by atoms with E-state index in [9.17, 15) is 18.0 Å². The number of carbonyl (C=O) groups excluding carboxylic acids is 2. The van der Waals surface area contributed by atoms with Crippen molar-refractivity contribution in [3.05, 3.63) is 54.1 Å². The molecule has 1 aliphatic carbocycles. The molecule has 0 aromatic heterocycles. The van der Waals surface area contributed by atoms with Gasteiger partial charge in [-0.15, -0.1) is 0 Å². The average molecular weight is 461 g/mol. The predicted molar refractivity (Wildman–Crippen MR) is 120 cm³/mol. The Bertz CT molecular complexity index is 1080. The van der Waals surface area contributed by atoms with Crippen LogP contribution < -0.4 is 14.4 Å². The molecule has 1 amide bonds. The Morgan fingerprint density at radius 1 is 1.06 bits per heavy atom. The normalized spacial score (nSPS) is 15.1. The number of nitrogens with zero attached hydrogens (tertiary/aromatic N) is 1. The molecule has 9 heteroatoms. The van der Waals surface area contributed by atoms with Crippen molar-refractivity contribution in [3.63, 3.8) is 0 Å². The molecular weight excluding hydrogens is 432 g/mol. The van der Waals surface area contributed by atoms with Crippen molar-refractivity contribution in [2.24, 2.45) is 0 Å². The second-order valence-electron chi connectivity index (χ2n) is 7.63. The van der Waals surface area contributed by atoms with Crippen LogP contribution >= 0.6 is 0 Å². The van der Waals surface area contributed by atoms with Gasteiger partial charge in [0.05, 0.1) is 24.3 Å². The molecule has 1 fully saturated rings. The van der Waals surface area contributed by atoms with E-state index in [4.69, 9.17) is 9.47 Å². The largest absolute Gasteiger partial charge is 0.495 e. The van der Waals surface area contributed by atoms with Crippen molar-refractivity contribution >= 4 is 27.6 Å². The number of benzene rings is 2. The number of hydrogen-bond acceptors (Lipinski definition) is 6. The Hall–Kier alpha value is -3.07. The molecule has 8 nitrogen and oxygen atoms in total. The lowest BCUT2D eigenvalue weighted by Crippen LogP contribution is -2.53. The van der Waals surface area contributed by atoms with Gasteiger partial charge in [0, 0.05) is 12.6 Å². The van der Waals surface area contributed by atoms with Crippen molar-refractivity contribution in [3.8, 4) is 5.75 Å². The number of carbonyl (C=O) groups is 2. The van der Waals surface area contributed by atoms with Crippen LogP contribution in [0.3, 0.4) is 0 Å². The van der Waals surface area contributed by atoms with Crippen LogP contribution in [-0.2, 0) is 19.6 Å². The fraction of sp³-hybridized carbons (Fsp3) is 0.391. The summed E-state index contributed by atoms with van der Waals surface area (Å²) >= 11 is 0. The molecule has 3 rings (SSSR count). The van der Waals surface area contributed by atoms with E-state index in [1.807, 2.05) is 0 Å². The standard InChI is InChI=1S/C23H28N2O6S/c1-4-31-22(27)23(15-7-8-16-23)24-21(26)17-11-13-18(14-12-17)32(28,29)25(2)19-9-5-6-10-20(19)30-3/h5-6,9-14H,4,7-8,15-16H2,1-3H3,(H,24,26). The van der Waals surface area contributed by atoms with Crippen LogP contribution in [-0.4, -0.2) is 46.6 Å². The minimum absolute atomic E-state index is 0.0310. The minimum Gasteiger partial charge on any atom is -0.495 e. The van der Waals surface area contributed by atoms with Crippen molar-refractivity contribution in [2.45, 2.75) is 43.0 Å². The minimum atomic E-state index is -3.87. The van der Waals surface area contributed by atoms with E-state index >= 15 is 0 Å². The van der Waals surface area contributed by atoms with Gasteiger partial charge in [-0.2, -0.15) is 0 Å². The monoisotopic (exact) mass is 460 g/mol. The Kier molecular flexibility index (Phi) is 7.08. The SMILES string of the molecule is CCOC(=O)C1(NC(=O)c2ccc(S(=O)(=O)N(C)c3ccccc3OC)cc2)CCCC1. The molecule has 172 valence electrons. The van der Waals surface area contributed by atoms with Gasteiger partial charge in [0.25, 0.3) is 15.9 Å². The summed E-state index contributed by atoms with van der Waals surface area (Å²) in [5, 5.41) is 2.83. The molecule has 0 saturated heterocycles. The summed E-state index contributed by atoms with van der Waals surface area (Å²) in [7, 11) is -0.961. The van der Waals surface area contributed by atoms with Crippen LogP contribution in [0.1, 0.15) is 43.0 Å². The maximum absolute atomic E-state index is 13.1. The smallest absolute Gasteiger partial charge is 0.331 e. The summed E-state index contributed by atoms with van der Waals surface area (Å²) < 4.78 is 37.7. The Morgan fingerprint density at radius 2 is 1.69 bits per heavy atom. The fourth-order valence-corrected chi connectivity index (χ4v) is 5.08. The molecule has 2 aromatic rings. The highest BCUT2D eigenvalue weighted by molar-refractivity contribution is 7.92. The van der Waals surface area contributed by atoms with Gasteiger partial charge in [-0.05, 0) is 56.2 Å². The molecule has 2 aromatic carbocycles. The van der Waals surface area contributed by atoms with Gasteiger partial charge < -0.3 is 14.8 Å². The van der Waals surface area contributed by atoms with Gasteiger partial charge in [-0.1, -0.05) is 25.0 Å². The first-order valence-corrected chi connectivity index (χ1v) is 11.9. The number of sulfonamides is 1. The lowest BCUT2D eigenvalue weighted by Gasteiger charge is -2.27. The molecule has 0 atom stereocenters. The fourth-order valence-electron chi connectivity index (χ4n) is 3.87. The van der Waals surface area contributed by atoms with E-state index < -0.39 is 27.4 Å². The van der Waals surface area contributed by atoms with E-state index in [0.29, 0.717) is 24.3 Å². The molecule has 0 aliphatic heterocycles. The average Bonchev–Trinajstić information content (AvgIpc) is 3.28. The number of para-hydroxylation sites is 2. The number of ether oxygens (including phenoxy) is 2. The number of amides is 1. The molecule has 1 saturated carbocycles. The molecular formula is C23H28N2O6S. The van der Waals surface area contributed by atoms with Crippen molar-refractivity contribution in [1.29, 1.82) is 0 Å². The van der Waals surface area contributed by atoms with Crippen LogP contribution in [0.2, 0.25) is 0 Å². The van der Waals surface area contributed by atoms with E-state index in [1.54, 1.807) is 31.2 Å². The van der Waals surface area contributed by atoms with Gasteiger partial charge in [0.1, 0.15) is 11.3 Å². The van der Waals surface area contributed by atoms with Crippen LogP contribution in [0.25, 0.3) is 0 Å². The van der Waals surface area contributed by atoms with E-state index in [2.05, 4.69) is 5.32 Å². The van der Waals surface area contributed by atoms with Gasteiger partial charge >= 0.3 is 5.97 Å². The quantitative estimate of drug-likeness (QED) is 0.608. The van der Waals surface area contributed by atoms with Crippen LogP contribution in [0.5, 0.6) is 5.75 Å². The summed E-state index contributed by atoms with van der Waals surface area (Å²) in [5.74, 6) is -0.444. The zero-order valence-electron chi connectivity index (χ0n) is 18.5. The first-order chi connectivity index (χ1) is 15.2. The molecule has 32 heavy (non-hydrogen) atoms. The zero-order valence-corrected chi connectivity index (χ0v) is 19.3. The summed E-state index contributed by atoms with van der Waals surface area (Å²) in [6, 6.07) is 12.4. The zero-order chi connectivity index (χ0) is 23.4. The lowest BCUT2D eigenvalue weighted by atomic mass is 9.97. The summed E-state index contributed by atoms with van der Waals surface area (Å²) in [6.45, 7) is 1.96. The van der Waals surface area contributed by atoms with Crippen molar-refractivity contribution < 1.29 is 27.5 Å². The number of anilines is 1. The van der Waals surface area contributed by atoms with Gasteiger partial charge in [-0.25, -0.2) is 13.2 Å². The van der Waals surface area contributed by atoms with Gasteiger partial charge in [-0.3, -0.25) is 9.10 Å². The van der Waals surface area contributed by atoms with Crippen LogP contribution in [0.15, 0.2) is 53.4 Å². The molecule has 1 aliphatic rings. The highest BCUT2D eigenvalue weighted by atomic mass is 32.2. The Morgan fingerprint density at radius 3 is 2.28 bits per heavy atom. The number of nitrogens with one attached hydrogen (secondary N) is 1. The third-order valence-corrected chi connectivity index (χ3v) is 7.46. The summed E-state index contributed by atoms with van der Waals surface area (Å²) in [5.41, 5.74) is -0.365. The third kappa shape index (κ3) is 4.57. The van der Waals surface area contributed by atoms with Crippen LogP contribution in [0.4, 0.5) is 5.69 Å². The molecule has 0 bridgehead atoms. The molecule has 0 spiro atoms. The lowest BCUT2D eigenvalue weighted by molar-refractivity contribution is -0.150. The first kappa shape index (κ1) is 23.6. The molecule has 1 N–H and O–H groups in total. The Balaban J connectivity index is 1.80. The topological polar surface area (TPSA) is 102 Å². The van der Waals surface area contributed by atoms with Crippen LogP contribution in [0, 0.1) is 0 Å². The maximum Gasteiger partial charge on any atom is 0.331 e. The number of hydrogen-bond donors (Lipinski definition) is 1. The highest BCUT2D eigenvalue weighted by Crippen LogP contribution is 2.32. The number of rotatable bonds is 8. The van der Waals surface area contributed by atoms with Crippen molar-refractivity contribution in [2.75, 3.05) is 25.1 Å². The van der Waals surface area contributed by atoms with Gasteiger partial charge in [0.2, 0.25) is 0 Å². The second kappa shape index (κ2) is 9.60. The molecule has 0 unspecified atom stereocenters. The van der Waals surface area contributed by atoms with E-state index in [-0.39, 0.29) is 17.1 Å². The third-order valence-electron chi connectivity index (χ3n) is 5.68. The summed E-state index contributed by atoms with van der Waals surface area (Å²) in [6.07, 6.45) is 2.69. The maximum atomic E-state index is 13.1. The molecule has 0 heterocycles. The van der Waals surface area contributed by atoms with Gasteiger partial charge in [0.15, 0.2) is 0 Å². The number of esters is 1. The first-order valence-electron chi connectivity index (χ1n) is 10.5. The highest BCUT2D eigenvalue weighted by Gasteiger charge is 2.44. The molecule has 0 radical (unpaired) electrons. The summed E-state index contributed by atoms with van der Waals surface area (Å²) in [4.78, 5) is 25.3.